The topological polar surface area (TPSA) is 85.8 Å². The van der Waals surface area contributed by atoms with E-state index in [2.05, 4.69) is 20.6 Å². The largest absolute Gasteiger partial charge is 0.401 e. The number of carbonyl (C=O) groups is 1. The van der Waals surface area contributed by atoms with Gasteiger partial charge in [-0.2, -0.15) is 5.10 Å². The van der Waals surface area contributed by atoms with Crippen LogP contribution in [0.5, 0.6) is 0 Å². The summed E-state index contributed by atoms with van der Waals surface area (Å²) in [7, 11) is 1.83. The Hall–Kier alpha value is -2.18. The minimum atomic E-state index is -0.134. The van der Waals surface area contributed by atoms with Crippen LogP contribution in [0.15, 0.2) is 10.5 Å². The Labute approximate surface area is 104 Å². The second-order valence-electron chi connectivity index (χ2n) is 4.01. The standard InChI is InChI=1S/C11H15N5O2/c1-4-5-9(17)12-11-14-13-10(18-11)8-6-7(2)16(3)15-8/h6H,4-5H2,1-3H3,(H,12,14,17). The number of aryl methyl sites for hydroxylation is 2. The van der Waals surface area contributed by atoms with Crippen LogP contribution in [0.2, 0.25) is 0 Å². The highest BCUT2D eigenvalue weighted by Crippen LogP contribution is 2.19. The SMILES string of the molecule is CCCC(=O)Nc1nnc(-c2cc(C)n(C)n2)o1. The van der Waals surface area contributed by atoms with Gasteiger partial charge in [0.2, 0.25) is 5.91 Å². The third kappa shape index (κ3) is 2.55. The van der Waals surface area contributed by atoms with Gasteiger partial charge in [0.25, 0.3) is 5.89 Å². The molecule has 0 aliphatic carbocycles. The van der Waals surface area contributed by atoms with Crippen molar-refractivity contribution in [3.05, 3.63) is 11.8 Å². The monoisotopic (exact) mass is 249 g/mol. The highest BCUT2D eigenvalue weighted by Gasteiger charge is 2.13. The van der Waals surface area contributed by atoms with Crippen molar-refractivity contribution < 1.29 is 9.21 Å². The first-order valence-corrected chi connectivity index (χ1v) is 5.74. The molecule has 2 heterocycles. The second kappa shape index (κ2) is 4.99. The van der Waals surface area contributed by atoms with Gasteiger partial charge < -0.3 is 4.42 Å². The summed E-state index contributed by atoms with van der Waals surface area (Å²) in [6, 6.07) is 1.94. The molecule has 7 nitrogen and oxygen atoms in total. The minimum Gasteiger partial charge on any atom is -0.401 e. The van der Waals surface area contributed by atoms with Crippen LogP contribution in [0.1, 0.15) is 25.5 Å². The van der Waals surface area contributed by atoms with Gasteiger partial charge in [0, 0.05) is 19.2 Å². The van der Waals surface area contributed by atoms with E-state index in [9.17, 15) is 4.79 Å². The fraction of sp³-hybridized carbons (Fsp3) is 0.455. The lowest BCUT2D eigenvalue weighted by Crippen LogP contribution is -2.10. The third-order valence-electron chi connectivity index (χ3n) is 2.48. The van der Waals surface area contributed by atoms with E-state index in [0.29, 0.717) is 18.0 Å². The molecule has 2 aromatic rings. The molecular formula is C11H15N5O2. The number of hydrogen-bond acceptors (Lipinski definition) is 5. The summed E-state index contributed by atoms with van der Waals surface area (Å²) in [6.07, 6.45) is 1.20. The average Bonchev–Trinajstić information content (AvgIpc) is 2.87. The first-order valence-electron chi connectivity index (χ1n) is 5.74. The molecule has 1 N–H and O–H groups in total. The molecule has 0 bridgehead atoms. The highest BCUT2D eigenvalue weighted by atomic mass is 16.4. The molecule has 0 unspecified atom stereocenters. The predicted molar refractivity (Wildman–Crippen MR) is 64.8 cm³/mol. The molecule has 0 spiro atoms. The summed E-state index contributed by atoms with van der Waals surface area (Å²) >= 11 is 0. The Morgan fingerprint density at radius 1 is 1.50 bits per heavy atom. The predicted octanol–water partition coefficient (Wildman–Crippen LogP) is 1.52. The van der Waals surface area contributed by atoms with Gasteiger partial charge in [-0.25, -0.2) is 0 Å². The van der Waals surface area contributed by atoms with Crippen LogP contribution in [-0.2, 0) is 11.8 Å². The molecule has 0 fully saturated rings. The van der Waals surface area contributed by atoms with Gasteiger partial charge in [0.15, 0.2) is 0 Å². The van der Waals surface area contributed by atoms with Gasteiger partial charge in [-0.05, 0) is 19.4 Å². The molecule has 2 aromatic heterocycles. The maximum absolute atomic E-state index is 11.4. The molecule has 7 heteroatoms. The Morgan fingerprint density at radius 2 is 2.28 bits per heavy atom. The van der Waals surface area contributed by atoms with Crippen molar-refractivity contribution in [3.8, 4) is 11.6 Å². The van der Waals surface area contributed by atoms with Gasteiger partial charge >= 0.3 is 6.01 Å². The molecule has 2 rings (SSSR count). The summed E-state index contributed by atoms with van der Waals surface area (Å²) in [5.41, 5.74) is 1.58. The Balaban J connectivity index is 2.13. The van der Waals surface area contributed by atoms with Gasteiger partial charge in [-0.1, -0.05) is 12.0 Å². The van der Waals surface area contributed by atoms with E-state index in [0.717, 1.165) is 12.1 Å². The van der Waals surface area contributed by atoms with Crippen molar-refractivity contribution in [1.29, 1.82) is 0 Å². The average molecular weight is 249 g/mol. The molecule has 0 atom stereocenters. The van der Waals surface area contributed by atoms with Crippen LogP contribution >= 0.6 is 0 Å². The molecular weight excluding hydrogens is 234 g/mol. The fourth-order valence-electron chi connectivity index (χ4n) is 1.45. The van der Waals surface area contributed by atoms with E-state index in [1.165, 1.54) is 0 Å². The van der Waals surface area contributed by atoms with E-state index >= 15 is 0 Å². The van der Waals surface area contributed by atoms with Crippen molar-refractivity contribution in [3.63, 3.8) is 0 Å². The first-order chi connectivity index (χ1) is 8.60. The van der Waals surface area contributed by atoms with Crippen LogP contribution < -0.4 is 5.32 Å². The maximum Gasteiger partial charge on any atom is 0.322 e. The smallest absolute Gasteiger partial charge is 0.322 e. The van der Waals surface area contributed by atoms with Gasteiger partial charge in [0.05, 0.1) is 0 Å². The second-order valence-corrected chi connectivity index (χ2v) is 4.01. The molecule has 0 saturated heterocycles. The lowest BCUT2D eigenvalue weighted by Gasteiger charge is -1.96. The van der Waals surface area contributed by atoms with Crippen molar-refractivity contribution in [2.24, 2.45) is 7.05 Å². The summed E-state index contributed by atoms with van der Waals surface area (Å²) in [4.78, 5) is 11.4. The van der Waals surface area contributed by atoms with Crippen LogP contribution in [0.3, 0.4) is 0 Å². The Kier molecular flexibility index (Phi) is 3.40. The van der Waals surface area contributed by atoms with Crippen molar-refractivity contribution in [2.45, 2.75) is 26.7 Å². The number of anilines is 1. The van der Waals surface area contributed by atoms with Crippen molar-refractivity contribution >= 4 is 11.9 Å². The summed E-state index contributed by atoms with van der Waals surface area (Å²) < 4.78 is 7.04. The molecule has 96 valence electrons. The number of aromatic nitrogens is 4. The molecule has 0 aromatic carbocycles. The Morgan fingerprint density at radius 3 is 2.89 bits per heavy atom. The van der Waals surface area contributed by atoms with E-state index in [1.807, 2.05) is 27.0 Å². The van der Waals surface area contributed by atoms with Crippen molar-refractivity contribution in [2.75, 3.05) is 5.32 Å². The van der Waals surface area contributed by atoms with Gasteiger partial charge in [-0.3, -0.25) is 14.8 Å². The molecule has 0 aliphatic heterocycles. The van der Waals surface area contributed by atoms with E-state index in [4.69, 9.17) is 4.42 Å². The minimum absolute atomic E-state index is 0.103. The number of nitrogens with zero attached hydrogens (tertiary/aromatic N) is 4. The van der Waals surface area contributed by atoms with Crippen molar-refractivity contribution in [1.82, 2.24) is 20.0 Å². The molecule has 0 aliphatic rings. The van der Waals surface area contributed by atoms with Gasteiger partial charge in [-0.15, -0.1) is 5.10 Å². The van der Waals surface area contributed by atoms with E-state index < -0.39 is 0 Å². The normalized spacial score (nSPS) is 10.6. The number of amides is 1. The number of nitrogens with one attached hydrogen (secondary N) is 1. The van der Waals surface area contributed by atoms with Crippen LogP contribution in [0.25, 0.3) is 11.6 Å². The quantitative estimate of drug-likeness (QED) is 0.887. The van der Waals surface area contributed by atoms with E-state index in [1.54, 1.807) is 4.68 Å². The van der Waals surface area contributed by atoms with E-state index in [-0.39, 0.29) is 11.9 Å². The summed E-state index contributed by atoms with van der Waals surface area (Å²) in [5.74, 6) is 0.162. The highest BCUT2D eigenvalue weighted by molar-refractivity contribution is 5.88. The molecule has 0 radical (unpaired) electrons. The fourth-order valence-corrected chi connectivity index (χ4v) is 1.45. The number of hydrogen-bond donors (Lipinski definition) is 1. The zero-order valence-corrected chi connectivity index (χ0v) is 10.6. The molecule has 1 amide bonds. The molecule has 18 heavy (non-hydrogen) atoms. The number of rotatable bonds is 4. The summed E-state index contributed by atoms with van der Waals surface area (Å²) in [5, 5.41) is 14.4. The number of carbonyl (C=O) groups excluding carboxylic acids is 1. The molecule has 0 saturated carbocycles. The third-order valence-corrected chi connectivity index (χ3v) is 2.48. The van der Waals surface area contributed by atoms with Crippen LogP contribution in [0.4, 0.5) is 6.01 Å². The summed E-state index contributed by atoms with van der Waals surface area (Å²) in [6.45, 7) is 3.85. The zero-order valence-electron chi connectivity index (χ0n) is 10.6. The maximum atomic E-state index is 11.4. The Bertz CT molecular complexity index is 538. The van der Waals surface area contributed by atoms with Crippen LogP contribution in [0, 0.1) is 6.92 Å². The lowest BCUT2D eigenvalue weighted by atomic mass is 10.3. The zero-order chi connectivity index (χ0) is 13.1. The van der Waals surface area contributed by atoms with Crippen LogP contribution in [-0.4, -0.2) is 25.9 Å². The lowest BCUT2D eigenvalue weighted by molar-refractivity contribution is -0.116. The first kappa shape index (κ1) is 12.3. The van der Waals surface area contributed by atoms with Gasteiger partial charge in [0.1, 0.15) is 5.69 Å².